The SMILES string of the molecule is COc1cc(CNC(=O)c2cncc3c2cnn3-c2ccc(F)cc2)cc(S(C)(=O)=O)n1. The molecule has 11 heteroatoms. The Morgan fingerprint density at radius 3 is 2.59 bits per heavy atom. The molecule has 3 aromatic heterocycles. The van der Waals surface area contributed by atoms with Crippen LogP contribution in [0.3, 0.4) is 0 Å². The number of aromatic nitrogens is 4. The topological polar surface area (TPSA) is 116 Å². The van der Waals surface area contributed by atoms with Crippen LogP contribution in [0.4, 0.5) is 4.39 Å². The quantitative estimate of drug-likeness (QED) is 0.474. The summed E-state index contributed by atoms with van der Waals surface area (Å²) in [6, 6.07) is 8.71. The molecule has 0 saturated heterocycles. The zero-order valence-corrected chi connectivity index (χ0v) is 17.9. The molecule has 0 fully saturated rings. The molecule has 3 heterocycles. The Morgan fingerprint density at radius 2 is 1.91 bits per heavy atom. The summed E-state index contributed by atoms with van der Waals surface area (Å²) in [6.07, 6.45) is 5.56. The summed E-state index contributed by atoms with van der Waals surface area (Å²) < 4.78 is 43.6. The maximum atomic E-state index is 13.2. The fourth-order valence-electron chi connectivity index (χ4n) is 3.12. The molecule has 0 aliphatic heterocycles. The van der Waals surface area contributed by atoms with Crippen molar-refractivity contribution in [2.75, 3.05) is 13.4 Å². The lowest BCUT2D eigenvalue weighted by molar-refractivity contribution is 0.0952. The first kappa shape index (κ1) is 21.4. The molecule has 0 aliphatic rings. The molecule has 0 unspecified atom stereocenters. The second kappa shape index (κ2) is 8.35. The Balaban J connectivity index is 1.61. The van der Waals surface area contributed by atoms with Gasteiger partial charge in [-0.25, -0.2) is 22.5 Å². The summed E-state index contributed by atoms with van der Waals surface area (Å²) in [5, 5.41) is 7.46. The number of carbonyl (C=O) groups excluding carboxylic acids is 1. The normalized spacial score (nSPS) is 11.5. The predicted octanol–water partition coefficient (Wildman–Crippen LogP) is 2.30. The van der Waals surface area contributed by atoms with Gasteiger partial charge in [0.25, 0.3) is 5.91 Å². The molecule has 32 heavy (non-hydrogen) atoms. The minimum absolute atomic E-state index is 0.0444. The molecular formula is C21H18FN5O4S. The summed E-state index contributed by atoms with van der Waals surface area (Å²) in [7, 11) is -2.18. The first-order valence-corrected chi connectivity index (χ1v) is 11.3. The molecule has 0 spiro atoms. The number of amides is 1. The van der Waals surface area contributed by atoms with Crippen LogP contribution in [0.25, 0.3) is 16.6 Å². The van der Waals surface area contributed by atoms with Gasteiger partial charge in [-0.15, -0.1) is 0 Å². The van der Waals surface area contributed by atoms with E-state index in [4.69, 9.17) is 4.74 Å². The summed E-state index contributed by atoms with van der Waals surface area (Å²) in [5.41, 5.74) is 2.00. The minimum Gasteiger partial charge on any atom is -0.481 e. The number of rotatable bonds is 6. The number of carbonyl (C=O) groups is 1. The Labute approximate surface area is 182 Å². The maximum Gasteiger partial charge on any atom is 0.253 e. The molecule has 4 rings (SSSR count). The van der Waals surface area contributed by atoms with Gasteiger partial charge in [0.2, 0.25) is 5.88 Å². The van der Waals surface area contributed by atoms with Gasteiger partial charge in [-0.2, -0.15) is 5.10 Å². The van der Waals surface area contributed by atoms with Gasteiger partial charge in [0.1, 0.15) is 5.82 Å². The van der Waals surface area contributed by atoms with E-state index < -0.39 is 15.7 Å². The highest BCUT2D eigenvalue weighted by molar-refractivity contribution is 7.90. The second-order valence-corrected chi connectivity index (χ2v) is 8.93. The van der Waals surface area contributed by atoms with Crippen LogP contribution in [0, 0.1) is 5.82 Å². The predicted molar refractivity (Wildman–Crippen MR) is 114 cm³/mol. The number of benzene rings is 1. The molecule has 0 radical (unpaired) electrons. The second-order valence-electron chi connectivity index (χ2n) is 6.96. The van der Waals surface area contributed by atoms with Crippen LogP contribution in [0.1, 0.15) is 15.9 Å². The lowest BCUT2D eigenvalue weighted by Gasteiger charge is -2.09. The number of hydrogen-bond donors (Lipinski definition) is 1. The summed E-state index contributed by atoms with van der Waals surface area (Å²) in [6.45, 7) is 0.0444. The Hall–Kier alpha value is -3.86. The highest BCUT2D eigenvalue weighted by atomic mass is 32.2. The van der Waals surface area contributed by atoms with Crippen molar-refractivity contribution in [3.63, 3.8) is 0 Å². The average molecular weight is 455 g/mol. The number of sulfone groups is 1. The largest absolute Gasteiger partial charge is 0.481 e. The summed E-state index contributed by atoms with van der Waals surface area (Å²) in [5.74, 6) is -0.657. The van der Waals surface area contributed by atoms with E-state index in [9.17, 15) is 17.6 Å². The van der Waals surface area contributed by atoms with E-state index in [0.717, 1.165) is 6.26 Å². The highest BCUT2D eigenvalue weighted by Crippen LogP contribution is 2.21. The molecule has 0 bridgehead atoms. The van der Waals surface area contributed by atoms with Crippen molar-refractivity contribution in [2.45, 2.75) is 11.6 Å². The van der Waals surface area contributed by atoms with Crippen LogP contribution in [0.5, 0.6) is 5.88 Å². The highest BCUT2D eigenvalue weighted by Gasteiger charge is 2.16. The minimum atomic E-state index is -3.55. The van der Waals surface area contributed by atoms with Crippen molar-refractivity contribution in [3.8, 4) is 11.6 Å². The van der Waals surface area contributed by atoms with Crippen LogP contribution >= 0.6 is 0 Å². The van der Waals surface area contributed by atoms with Crippen LogP contribution in [0.15, 0.2) is 60.0 Å². The van der Waals surface area contributed by atoms with E-state index in [1.165, 1.54) is 37.7 Å². The van der Waals surface area contributed by atoms with Crippen LogP contribution in [-0.2, 0) is 16.4 Å². The van der Waals surface area contributed by atoms with Crippen LogP contribution < -0.4 is 10.1 Å². The monoisotopic (exact) mass is 455 g/mol. The van der Waals surface area contributed by atoms with E-state index in [1.807, 2.05) is 0 Å². The van der Waals surface area contributed by atoms with Crippen molar-refractivity contribution < 1.29 is 22.3 Å². The number of hydrogen-bond acceptors (Lipinski definition) is 7. The number of nitrogens with zero attached hydrogens (tertiary/aromatic N) is 4. The summed E-state index contributed by atoms with van der Waals surface area (Å²) in [4.78, 5) is 20.9. The third-order valence-electron chi connectivity index (χ3n) is 4.69. The van der Waals surface area contributed by atoms with E-state index in [0.29, 0.717) is 27.7 Å². The standard InChI is InChI=1S/C21H18FN5O4S/c1-31-19-7-13(8-20(26-19)32(2,29)30)9-24-21(28)17-10-23-12-18-16(17)11-25-27(18)15-5-3-14(22)4-6-15/h3-8,10-12H,9H2,1-2H3,(H,24,28). The van der Waals surface area contributed by atoms with Crippen molar-refractivity contribution in [3.05, 3.63) is 71.9 Å². The molecule has 1 aromatic carbocycles. The van der Waals surface area contributed by atoms with Gasteiger partial charge in [-0.05, 0) is 35.9 Å². The third-order valence-corrected chi connectivity index (χ3v) is 5.66. The zero-order valence-electron chi connectivity index (χ0n) is 17.1. The number of methoxy groups -OCH3 is 1. The van der Waals surface area contributed by atoms with E-state index >= 15 is 0 Å². The Kier molecular flexibility index (Phi) is 5.57. The number of pyridine rings is 2. The first-order chi connectivity index (χ1) is 15.3. The molecule has 9 nitrogen and oxygen atoms in total. The van der Waals surface area contributed by atoms with Gasteiger partial charge >= 0.3 is 0 Å². The van der Waals surface area contributed by atoms with Gasteiger partial charge in [-0.1, -0.05) is 0 Å². The number of nitrogens with one attached hydrogen (secondary N) is 1. The molecule has 1 N–H and O–H groups in total. The summed E-state index contributed by atoms with van der Waals surface area (Å²) >= 11 is 0. The smallest absolute Gasteiger partial charge is 0.253 e. The Morgan fingerprint density at radius 1 is 1.16 bits per heavy atom. The van der Waals surface area contributed by atoms with Gasteiger partial charge in [0.05, 0.1) is 36.3 Å². The van der Waals surface area contributed by atoms with Crippen molar-refractivity contribution in [2.24, 2.45) is 0 Å². The van der Waals surface area contributed by atoms with Crippen LogP contribution in [0.2, 0.25) is 0 Å². The molecule has 0 aliphatic carbocycles. The first-order valence-electron chi connectivity index (χ1n) is 9.37. The van der Waals surface area contributed by atoms with Crippen molar-refractivity contribution >= 4 is 26.6 Å². The zero-order chi connectivity index (χ0) is 22.9. The fourth-order valence-corrected chi connectivity index (χ4v) is 3.74. The average Bonchev–Trinajstić information content (AvgIpc) is 3.21. The number of ether oxygens (including phenoxy) is 1. The number of halogens is 1. The lowest BCUT2D eigenvalue weighted by Crippen LogP contribution is -2.23. The molecular weight excluding hydrogens is 437 g/mol. The van der Waals surface area contributed by atoms with Gasteiger partial charge in [0.15, 0.2) is 14.9 Å². The Bertz CT molecular complexity index is 1420. The van der Waals surface area contributed by atoms with Gasteiger partial charge in [0, 0.05) is 30.4 Å². The third kappa shape index (κ3) is 4.28. The van der Waals surface area contributed by atoms with Gasteiger partial charge in [-0.3, -0.25) is 9.78 Å². The lowest BCUT2D eigenvalue weighted by atomic mass is 10.1. The molecule has 164 valence electrons. The van der Waals surface area contributed by atoms with E-state index in [1.54, 1.807) is 29.1 Å². The van der Waals surface area contributed by atoms with E-state index in [-0.39, 0.29) is 23.3 Å². The fraction of sp³-hybridized carbons (Fsp3) is 0.143. The van der Waals surface area contributed by atoms with Crippen LogP contribution in [-0.4, -0.2) is 47.4 Å². The molecule has 1 amide bonds. The maximum absolute atomic E-state index is 13.2. The van der Waals surface area contributed by atoms with Crippen molar-refractivity contribution in [1.29, 1.82) is 0 Å². The molecule has 0 saturated carbocycles. The number of fused-ring (bicyclic) bond motifs is 1. The van der Waals surface area contributed by atoms with Crippen molar-refractivity contribution in [1.82, 2.24) is 25.1 Å². The van der Waals surface area contributed by atoms with E-state index in [2.05, 4.69) is 20.4 Å². The molecule has 4 aromatic rings. The van der Waals surface area contributed by atoms with Gasteiger partial charge < -0.3 is 10.1 Å². The molecule has 0 atom stereocenters.